The number of likely N-dealkylation sites (tertiary alicyclic amines) is 1. The molecule has 24 heavy (non-hydrogen) atoms. The summed E-state index contributed by atoms with van der Waals surface area (Å²) in [5.74, 6) is -0.140. The largest absolute Gasteiger partial charge is 0.351 e. The highest BCUT2D eigenvalue weighted by molar-refractivity contribution is 5.87. The molecule has 3 rings (SSSR count). The molecule has 5 nitrogen and oxygen atoms in total. The van der Waals surface area contributed by atoms with E-state index >= 15 is 0 Å². The molecule has 2 aromatic rings. The average Bonchev–Trinajstić information content (AvgIpc) is 3.11. The van der Waals surface area contributed by atoms with Gasteiger partial charge in [-0.25, -0.2) is 4.79 Å². The second kappa shape index (κ2) is 7.17. The van der Waals surface area contributed by atoms with Crippen molar-refractivity contribution in [2.24, 2.45) is 5.73 Å². The first kappa shape index (κ1) is 16.1. The normalized spacial score (nSPS) is 16.8. The number of nitrogens with two attached hydrogens (primary N) is 1. The number of hydrogen-bond acceptors (Lipinski definition) is 2. The maximum Gasteiger partial charge on any atom is 0.315 e. The van der Waals surface area contributed by atoms with E-state index in [0.717, 1.165) is 23.1 Å². The van der Waals surface area contributed by atoms with Gasteiger partial charge in [-0.2, -0.15) is 0 Å². The molecule has 2 aromatic carbocycles. The van der Waals surface area contributed by atoms with E-state index < -0.39 is 12.1 Å². The zero-order valence-corrected chi connectivity index (χ0v) is 13.4. The zero-order chi connectivity index (χ0) is 16.9. The lowest BCUT2D eigenvalue weighted by atomic mass is 10.0. The third-order valence-corrected chi connectivity index (χ3v) is 4.37. The lowest BCUT2D eigenvalue weighted by Crippen LogP contribution is -2.47. The van der Waals surface area contributed by atoms with Gasteiger partial charge in [-0.15, -0.1) is 0 Å². The molecule has 5 heteroatoms. The highest BCUT2D eigenvalue weighted by atomic mass is 16.2. The van der Waals surface area contributed by atoms with Gasteiger partial charge in [0.2, 0.25) is 5.91 Å². The molecular weight excluding hydrogens is 302 g/mol. The van der Waals surface area contributed by atoms with Crippen LogP contribution in [0.2, 0.25) is 0 Å². The summed E-state index contributed by atoms with van der Waals surface area (Å²) in [7, 11) is 0. The maximum atomic E-state index is 12.3. The number of amides is 3. The van der Waals surface area contributed by atoms with Gasteiger partial charge >= 0.3 is 6.03 Å². The predicted octanol–water partition coefficient (Wildman–Crippen LogP) is 2.51. The molecule has 1 atom stereocenters. The van der Waals surface area contributed by atoms with Crippen LogP contribution in [-0.4, -0.2) is 29.4 Å². The third-order valence-electron chi connectivity index (χ3n) is 4.37. The van der Waals surface area contributed by atoms with E-state index in [-0.39, 0.29) is 5.91 Å². The van der Waals surface area contributed by atoms with Crippen molar-refractivity contribution in [2.45, 2.75) is 25.4 Å². The Morgan fingerprint density at radius 1 is 1.04 bits per heavy atom. The fourth-order valence-electron chi connectivity index (χ4n) is 3.06. The van der Waals surface area contributed by atoms with Crippen LogP contribution < -0.4 is 11.1 Å². The summed E-state index contributed by atoms with van der Waals surface area (Å²) in [4.78, 5) is 25.0. The SMILES string of the molecule is NC(=O)N1CCC[C@H]1C(=O)NCc1ccc(-c2ccccc2)cc1. The first-order chi connectivity index (χ1) is 11.6. The summed E-state index contributed by atoms with van der Waals surface area (Å²) in [6, 6.07) is 17.3. The Kier molecular flexibility index (Phi) is 4.79. The van der Waals surface area contributed by atoms with Crippen LogP contribution in [0.15, 0.2) is 54.6 Å². The van der Waals surface area contributed by atoms with Gasteiger partial charge in [0.15, 0.2) is 0 Å². The number of nitrogens with zero attached hydrogens (tertiary/aromatic N) is 1. The topological polar surface area (TPSA) is 75.4 Å². The zero-order valence-electron chi connectivity index (χ0n) is 13.4. The monoisotopic (exact) mass is 323 g/mol. The quantitative estimate of drug-likeness (QED) is 0.907. The van der Waals surface area contributed by atoms with Crippen molar-refractivity contribution in [1.82, 2.24) is 10.2 Å². The molecule has 1 fully saturated rings. The van der Waals surface area contributed by atoms with Crippen LogP contribution in [0, 0.1) is 0 Å². The molecule has 0 aliphatic carbocycles. The Morgan fingerprint density at radius 3 is 2.38 bits per heavy atom. The molecule has 0 aromatic heterocycles. The average molecular weight is 323 g/mol. The minimum atomic E-state index is -0.528. The van der Waals surface area contributed by atoms with Crippen LogP contribution in [-0.2, 0) is 11.3 Å². The molecule has 0 radical (unpaired) electrons. The molecule has 124 valence electrons. The van der Waals surface area contributed by atoms with Crippen molar-refractivity contribution in [2.75, 3.05) is 6.54 Å². The lowest BCUT2D eigenvalue weighted by Gasteiger charge is -2.21. The summed E-state index contributed by atoms with van der Waals surface area (Å²) < 4.78 is 0. The highest BCUT2D eigenvalue weighted by Crippen LogP contribution is 2.20. The standard InChI is InChI=1S/C19H21N3O2/c20-19(24)22-12-4-7-17(22)18(23)21-13-14-8-10-16(11-9-14)15-5-2-1-3-6-15/h1-3,5-6,8-11,17H,4,7,12-13H2,(H2,20,24)(H,21,23)/t17-/m0/s1. The molecule has 0 saturated carbocycles. The molecule has 0 unspecified atom stereocenters. The Labute approximate surface area is 141 Å². The van der Waals surface area contributed by atoms with E-state index in [4.69, 9.17) is 5.73 Å². The van der Waals surface area contributed by atoms with Crippen molar-refractivity contribution in [1.29, 1.82) is 0 Å². The van der Waals surface area contributed by atoms with Crippen molar-refractivity contribution >= 4 is 11.9 Å². The molecule has 1 heterocycles. The Hall–Kier alpha value is -2.82. The van der Waals surface area contributed by atoms with Gasteiger partial charge in [0.25, 0.3) is 0 Å². The summed E-state index contributed by atoms with van der Waals surface area (Å²) in [6.45, 7) is 0.996. The number of urea groups is 1. The van der Waals surface area contributed by atoms with Crippen molar-refractivity contribution < 1.29 is 9.59 Å². The van der Waals surface area contributed by atoms with Crippen LogP contribution >= 0.6 is 0 Å². The molecule has 3 amide bonds. The first-order valence-corrected chi connectivity index (χ1v) is 8.13. The van der Waals surface area contributed by atoms with Gasteiger partial charge in [0.1, 0.15) is 6.04 Å². The minimum absolute atomic E-state index is 0.140. The van der Waals surface area contributed by atoms with Gasteiger partial charge in [-0.05, 0) is 29.5 Å². The summed E-state index contributed by atoms with van der Waals surface area (Å²) in [6.07, 6.45) is 1.48. The van der Waals surface area contributed by atoms with Crippen LogP contribution in [0.5, 0.6) is 0 Å². The molecule has 1 aliphatic rings. The van der Waals surface area contributed by atoms with Crippen LogP contribution in [0.1, 0.15) is 18.4 Å². The highest BCUT2D eigenvalue weighted by Gasteiger charge is 2.32. The lowest BCUT2D eigenvalue weighted by molar-refractivity contribution is -0.124. The third kappa shape index (κ3) is 3.56. The van der Waals surface area contributed by atoms with Crippen LogP contribution in [0.25, 0.3) is 11.1 Å². The predicted molar refractivity (Wildman–Crippen MR) is 93.0 cm³/mol. The van der Waals surface area contributed by atoms with Gasteiger partial charge in [-0.3, -0.25) is 4.79 Å². The number of primary amides is 1. The number of carbonyl (C=O) groups is 2. The van der Waals surface area contributed by atoms with Crippen molar-refractivity contribution in [3.8, 4) is 11.1 Å². The summed E-state index contributed by atoms with van der Waals surface area (Å²) in [5.41, 5.74) is 8.64. The van der Waals surface area contributed by atoms with E-state index in [9.17, 15) is 9.59 Å². The number of hydrogen-bond donors (Lipinski definition) is 2. The van der Waals surface area contributed by atoms with E-state index in [1.807, 2.05) is 42.5 Å². The Balaban J connectivity index is 1.59. The smallest absolute Gasteiger partial charge is 0.315 e. The molecule has 0 spiro atoms. The Morgan fingerprint density at radius 2 is 1.71 bits per heavy atom. The van der Waals surface area contributed by atoms with Gasteiger partial charge in [0.05, 0.1) is 0 Å². The molecule has 1 aliphatic heterocycles. The van der Waals surface area contributed by atoms with Crippen LogP contribution in [0.3, 0.4) is 0 Å². The van der Waals surface area contributed by atoms with Gasteiger partial charge in [0, 0.05) is 13.1 Å². The number of nitrogens with one attached hydrogen (secondary N) is 1. The molecule has 0 bridgehead atoms. The van der Waals surface area contributed by atoms with Crippen LogP contribution in [0.4, 0.5) is 4.79 Å². The fraction of sp³-hybridized carbons (Fsp3) is 0.263. The molecule has 3 N–H and O–H groups in total. The molecule has 1 saturated heterocycles. The van der Waals surface area contributed by atoms with E-state index in [2.05, 4.69) is 17.4 Å². The number of rotatable bonds is 4. The van der Waals surface area contributed by atoms with Gasteiger partial charge in [-0.1, -0.05) is 54.6 Å². The van der Waals surface area contributed by atoms with E-state index in [1.165, 1.54) is 4.90 Å². The second-order valence-electron chi connectivity index (χ2n) is 5.97. The van der Waals surface area contributed by atoms with Gasteiger partial charge < -0.3 is 16.0 Å². The molecular formula is C19H21N3O2. The second-order valence-corrected chi connectivity index (χ2v) is 5.97. The van der Waals surface area contributed by atoms with E-state index in [0.29, 0.717) is 19.5 Å². The summed E-state index contributed by atoms with van der Waals surface area (Å²) >= 11 is 0. The number of benzene rings is 2. The fourth-order valence-corrected chi connectivity index (χ4v) is 3.06. The Bertz CT molecular complexity index is 713. The van der Waals surface area contributed by atoms with Crippen molar-refractivity contribution in [3.63, 3.8) is 0 Å². The minimum Gasteiger partial charge on any atom is -0.351 e. The first-order valence-electron chi connectivity index (χ1n) is 8.13. The van der Waals surface area contributed by atoms with E-state index in [1.54, 1.807) is 0 Å². The van der Waals surface area contributed by atoms with Crippen molar-refractivity contribution in [3.05, 3.63) is 60.2 Å². The maximum absolute atomic E-state index is 12.3. The summed E-state index contributed by atoms with van der Waals surface area (Å²) in [5, 5.41) is 2.90. The number of carbonyl (C=O) groups excluding carboxylic acids is 2.